The molecule has 0 aliphatic rings. The second-order valence-electron chi connectivity index (χ2n) is 3.30. The lowest BCUT2D eigenvalue weighted by atomic mass is 9.97. The summed E-state index contributed by atoms with van der Waals surface area (Å²) in [6.07, 6.45) is -6.33. The topological polar surface area (TPSA) is 0 Å². The summed E-state index contributed by atoms with van der Waals surface area (Å²) in [5.41, 5.74) is -2.02. The van der Waals surface area contributed by atoms with Crippen LogP contribution in [0.1, 0.15) is 11.1 Å². The Morgan fingerprint density at radius 2 is 1.29 bits per heavy atom. The number of benzene rings is 1. The van der Waals surface area contributed by atoms with Gasteiger partial charge in [-0.2, -0.15) is 30.7 Å². The van der Waals surface area contributed by atoms with Crippen molar-refractivity contribution in [2.45, 2.75) is 18.0 Å². The van der Waals surface area contributed by atoms with Crippen LogP contribution in [-0.4, -0.2) is 12.1 Å². The summed E-state index contributed by atoms with van der Waals surface area (Å²) < 4.78 is 87.4. The molecule has 1 radical (unpaired) electrons. The van der Waals surface area contributed by atoms with Gasteiger partial charge in [0.1, 0.15) is 0 Å². The van der Waals surface area contributed by atoms with Gasteiger partial charge in [-0.3, -0.25) is 0 Å². The van der Waals surface area contributed by atoms with Gasteiger partial charge >= 0.3 is 18.0 Å². The molecular weight excluding hydrogens is 253 g/mol. The van der Waals surface area contributed by atoms with Crippen LogP contribution in [0.5, 0.6) is 0 Å². The van der Waals surface area contributed by atoms with Gasteiger partial charge in [0, 0.05) is 5.56 Å². The van der Waals surface area contributed by atoms with Crippen LogP contribution in [0.15, 0.2) is 24.3 Å². The summed E-state index contributed by atoms with van der Waals surface area (Å²) in [6.45, 7) is 3.00. The third kappa shape index (κ3) is 2.10. The monoisotopic (exact) mass is 259 g/mol. The van der Waals surface area contributed by atoms with Gasteiger partial charge in [-0.1, -0.05) is 24.3 Å². The molecule has 0 aromatic heterocycles. The molecule has 0 heterocycles. The van der Waals surface area contributed by atoms with Gasteiger partial charge < -0.3 is 0 Å². The largest absolute Gasteiger partial charge is 0.460 e. The third-order valence-corrected chi connectivity index (χ3v) is 2.11. The maximum atomic E-state index is 13.2. The molecule has 0 fully saturated rings. The standard InChI is InChI=1S/C10H6F7/c1-6-4-2-3-5-7(6)8(11,12)9(13,14)10(15,16)17/h2-5H,1H2. The Balaban J connectivity index is 3.34. The van der Waals surface area contributed by atoms with Crippen molar-refractivity contribution < 1.29 is 30.7 Å². The van der Waals surface area contributed by atoms with E-state index in [-0.39, 0.29) is 0 Å². The lowest BCUT2D eigenvalue weighted by Gasteiger charge is -2.29. The second kappa shape index (κ2) is 3.89. The molecule has 7 heteroatoms. The molecule has 0 spiro atoms. The van der Waals surface area contributed by atoms with E-state index in [1.165, 1.54) is 6.07 Å². The van der Waals surface area contributed by atoms with Gasteiger partial charge in [-0.15, -0.1) is 0 Å². The fraction of sp³-hybridized carbons (Fsp3) is 0.300. The van der Waals surface area contributed by atoms with Crippen LogP contribution < -0.4 is 0 Å². The highest BCUT2D eigenvalue weighted by Gasteiger charge is 2.73. The van der Waals surface area contributed by atoms with Gasteiger partial charge in [0.15, 0.2) is 0 Å². The van der Waals surface area contributed by atoms with Crippen LogP contribution >= 0.6 is 0 Å². The first-order chi connectivity index (χ1) is 7.52. The molecule has 1 aromatic carbocycles. The van der Waals surface area contributed by atoms with E-state index in [1.54, 1.807) is 0 Å². The molecule has 0 saturated heterocycles. The fourth-order valence-corrected chi connectivity index (χ4v) is 1.17. The molecule has 0 bridgehead atoms. The van der Waals surface area contributed by atoms with Crippen LogP contribution in [0.4, 0.5) is 30.7 Å². The van der Waals surface area contributed by atoms with Crippen molar-refractivity contribution in [3.05, 3.63) is 42.3 Å². The Morgan fingerprint density at radius 1 is 0.824 bits per heavy atom. The minimum atomic E-state index is -6.33. The van der Waals surface area contributed by atoms with Crippen molar-refractivity contribution >= 4 is 0 Å². The summed E-state index contributed by atoms with van der Waals surface area (Å²) in [6, 6.07) is 3.55. The summed E-state index contributed by atoms with van der Waals surface area (Å²) in [5.74, 6) is -11.5. The van der Waals surface area contributed by atoms with E-state index in [0.717, 1.165) is 12.1 Å². The Kier molecular flexibility index (Phi) is 3.15. The Hall–Kier alpha value is -1.27. The summed E-state index contributed by atoms with van der Waals surface area (Å²) in [7, 11) is 0. The fourth-order valence-electron chi connectivity index (χ4n) is 1.17. The highest BCUT2D eigenvalue weighted by Crippen LogP contribution is 2.52. The molecule has 0 unspecified atom stereocenters. The van der Waals surface area contributed by atoms with Crippen LogP contribution in [0.2, 0.25) is 0 Å². The highest BCUT2D eigenvalue weighted by atomic mass is 19.4. The van der Waals surface area contributed by atoms with Crippen LogP contribution in [0.3, 0.4) is 0 Å². The maximum absolute atomic E-state index is 13.2. The minimum absolute atomic E-state index is 0.488. The third-order valence-electron chi connectivity index (χ3n) is 2.11. The van der Waals surface area contributed by atoms with Crippen LogP contribution in [0, 0.1) is 6.92 Å². The number of rotatable bonds is 2. The molecule has 0 atom stereocenters. The summed E-state index contributed by atoms with van der Waals surface area (Å²) in [4.78, 5) is 0. The predicted molar refractivity (Wildman–Crippen MR) is 45.8 cm³/mol. The molecule has 0 aliphatic heterocycles. The van der Waals surface area contributed by atoms with Crippen molar-refractivity contribution in [2.24, 2.45) is 0 Å². The quantitative estimate of drug-likeness (QED) is 0.699. The predicted octanol–water partition coefficient (Wildman–Crippen LogP) is 4.16. The van der Waals surface area contributed by atoms with E-state index in [0.29, 0.717) is 6.07 Å². The molecule has 0 N–H and O–H groups in total. The molecule has 0 nitrogen and oxygen atoms in total. The van der Waals surface area contributed by atoms with E-state index >= 15 is 0 Å². The SMILES string of the molecule is [CH2]c1ccccc1C(F)(F)C(F)(F)C(F)(F)F. The average Bonchev–Trinajstić information content (AvgIpc) is 2.16. The molecule has 0 aliphatic carbocycles. The lowest BCUT2D eigenvalue weighted by molar-refractivity contribution is -0.359. The zero-order valence-electron chi connectivity index (χ0n) is 8.16. The maximum Gasteiger partial charge on any atom is 0.460 e. The molecule has 17 heavy (non-hydrogen) atoms. The normalized spacial score (nSPS) is 13.9. The Morgan fingerprint density at radius 3 is 1.71 bits per heavy atom. The van der Waals surface area contributed by atoms with Gasteiger partial charge in [-0.25, -0.2) is 0 Å². The first-order valence-corrected chi connectivity index (χ1v) is 4.25. The minimum Gasteiger partial charge on any atom is -0.194 e. The van der Waals surface area contributed by atoms with Crippen molar-refractivity contribution in [3.8, 4) is 0 Å². The molecular formula is C10H6F7. The summed E-state index contributed by atoms with van der Waals surface area (Å²) >= 11 is 0. The lowest BCUT2D eigenvalue weighted by Crippen LogP contribution is -2.50. The molecule has 95 valence electrons. The number of halogens is 7. The molecule has 1 rings (SSSR count). The van der Waals surface area contributed by atoms with Gasteiger partial charge in [-0.05, 0) is 12.5 Å². The number of hydrogen-bond donors (Lipinski definition) is 0. The molecule has 0 saturated carbocycles. The number of hydrogen-bond acceptors (Lipinski definition) is 0. The number of alkyl halides is 7. The second-order valence-corrected chi connectivity index (χ2v) is 3.30. The van der Waals surface area contributed by atoms with E-state index in [1.807, 2.05) is 0 Å². The van der Waals surface area contributed by atoms with Crippen molar-refractivity contribution in [1.29, 1.82) is 0 Å². The first-order valence-electron chi connectivity index (χ1n) is 4.25. The van der Waals surface area contributed by atoms with Gasteiger partial charge in [0.25, 0.3) is 0 Å². The zero-order chi connectivity index (χ0) is 13.5. The smallest absolute Gasteiger partial charge is 0.194 e. The highest BCUT2D eigenvalue weighted by molar-refractivity contribution is 5.34. The van der Waals surface area contributed by atoms with Crippen LogP contribution in [0.25, 0.3) is 0 Å². The van der Waals surface area contributed by atoms with Crippen LogP contribution in [-0.2, 0) is 5.92 Å². The Labute approximate surface area is 92.0 Å². The molecule has 1 aromatic rings. The van der Waals surface area contributed by atoms with Crippen molar-refractivity contribution in [3.63, 3.8) is 0 Å². The molecule has 0 amide bonds. The summed E-state index contributed by atoms with van der Waals surface area (Å²) in [5, 5.41) is 0. The van der Waals surface area contributed by atoms with E-state index in [4.69, 9.17) is 0 Å². The van der Waals surface area contributed by atoms with E-state index in [9.17, 15) is 30.7 Å². The average molecular weight is 259 g/mol. The Bertz CT molecular complexity index is 405. The zero-order valence-corrected chi connectivity index (χ0v) is 8.16. The van der Waals surface area contributed by atoms with E-state index < -0.39 is 29.1 Å². The first kappa shape index (κ1) is 13.8. The van der Waals surface area contributed by atoms with Gasteiger partial charge in [0.05, 0.1) is 0 Å². The van der Waals surface area contributed by atoms with Crippen molar-refractivity contribution in [2.75, 3.05) is 0 Å². The van der Waals surface area contributed by atoms with E-state index in [2.05, 4.69) is 6.92 Å². The van der Waals surface area contributed by atoms with Crippen molar-refractivity contribution in [1.82, 2.24) is 0 Å². The van der Waals surface area contributed by atoms with Gasteiger partial charge in [0.2, 0.25) is 0 Å².